The Balaban J connectivity index is 1.65. The van der Waals surface area contributed by atoms with Crippen LogP contribution in [0.5, 0.6) is 0 Å². The van der Waals surface area contributed by atoms with Crippen LogP contribution in [0, 0.1) is 11.3 Å². The number of H-pyrrole nitrogens is 1. The number of aromatic amines is 1. The van der Waals surface area contributed by atoms with Gasteiger partial charge in [0.25, 0.3) is 5.91 Å². The molecule has 194 valence electrons. The van der Waals surface area contributed by atoms with Crippen LogP contribution in [-0.2, 0) is 6.18 Å². The molecule has 37 heavy (non-hydrogen) atoms. The molecule has 1 aromatic carbocycles. The van der Waals surface area contributed by atoms with Crippen LogP contribution in [0.4, 0.5) is 19.1 Å². The van der Waals surface area contributed by atoms with Crippen molar-refractivity contribution in [3.8, 4) is 17.3 Å². The molecular formula is C26H28F3N7O. The minimum atomic E-state index is -4.68. The lowest BCUT2D eigenvalue weighted by atomic mass is 10.00. The number of carbonyl (C=O) groups excluding carboxylic acids is 1. The van der Waals surface area contributed by atoms with E-state index in [0.29, 0.717) is 23.5 Å². The first-order valence-electron chi connectivity index (χ1n) is 12.4. The van der Waals surface area contributed by atoms with E-state index in [1.54, 1.807) is 18.0 Å². The fourth-order valence-corrected chi connectivity index (χ4v) is 5.43. The third kappa shape index (κ3) is 4.73. The maximum atomic E-state index is 14.0. The number of halogens is 3. The zero-order valence-corrected chi connectivity index (χ0v) is 20.7. The third-order valence-electron chi connectivity index (χ3n) is 7.51. The van der Waals surface area contributed by atoms with Gasteiger partial charge in [0, 0.05) is 49.0 Å². The van der Waals surface area contributed by atoms with Crippen molar-refractivity contribution in [2.75, 3.05) is 32.5 Å². The van der Waals surface area contributed by atoms with Gasteiger partial charge < -0.3 is 20.1 Å². The molecule has 6 rings (SSSR count). The average Bonchev–Trinajstić information content (AvgIpc) is 3.51. The Morgan fingerprint density at radius 3 is 2.68 bits per heavy atom. The second-order valence-corrected chi connectivity index (χ2v) is 9.90. The summed E-state index contributed by atoms with van der Waals surface area (Å²) in [5, 5.41) is 13.5. The summed E-state index contributed by atoms with van der Waals surface area (Å²) in [6, 6.07) is 5.56. The fourth-order valence-electron chi connectivity index (χ4n) is 5.43. The molecule has 2 N–H and O–H groups in total. The Bertz CT molecular complexity index is 1380. The highest BCUT2D eigenvalue weighted by Gasteiger charge is 2.37. The molecule has 8 bridgehead atoms. The van der Waals surface area contributed by atoms with E-state index in [1.165, 1.54) is 12.3 Å². The molecule has 0 spiro atoms. The van der Waals surface area contributed by atoms with Crippen LogP contribution in [-0.4, -0.2) is 69.9 Å². The van der Waals surface area contributed by atoms with Gasteiger partial charge in [-0.05, 0) is 51.8 Å². The third-order valence-corrected chi connectivity index (χ3v) is 7.51. The first-order valence-corrected chi connectivity index (χ1v) is 12.4. The second kappa shape index (κ2) is 9.67. The fraction of sp³-hybridized carbons (Fsp3) is 0.462. The van der Waals surface area contributed by atoms with Gasteiger partial charge in [-0.1, -0.05) is 6.07 Å². The Morgan fingerprint density at radius 2 is 1.92 bits per heavy atom. The quantitative estimate of drug-likeness (QED) is 0.456. The lowest BCUT2D eigenvalue weighted by Crippen LogP contribution is -2.33. The Morgan fingerprint density at radius 1 is 1.14 bits per heavy atom. The average molecular weight is 512 g/mol. The van der Waals surface area contributed by atoms with Crippen LogP contribution in [0.1, 0.15) is 53.6 Å². The van der Waals surface area contributed by atoms with Crippen molar-refractivity contribution in [3.63, 3.8) is 0 Å². The lowest BCUT2D eigenvalue weighted by molar-refractivity contribution is -0.137. The monoisotopic (exact) mass is 511 g/mol. The largest absolute Gasteiger partial charge is 0.419 e. The molecule has 2 atom stereocenters. The first kappa shape index (κ1) is 25.0. The number of alkyl halides is 3. The molecule has 3 aromatic rings. The number of hydrogen-bond acceptors (Lipinski definition) is 6. The molecule has 2 aliphatic heterocycles. The van der Waals surface area contributed by atoms with Crippen molar-refractivity contribution in [1.82, 2.24) is 24.8 Å². The standard InChI is InChI=1S/C26H28F3N7O/c1-35-9-3-4-10-36(2)24(37)18-8-7-17-20(13-31-22(17)19(18)12-30)23-21(26(27,28)29)14-32-25(34-23)33-15-5-6-16(35)11-15/h7-8,13-16,31H,3-6,9-11H2,1-2H3,(H,32,33,34)/t15-,16-/m0/s1. The number of amides is 1. The number of benzene rings is 1. The van der Waals surface area contributed by atoms with Crippen molar-refractivity contribution in [1.29, 1.82) is 5.26 Å². The SMILES string of the molecule is CN1CCCCN(C)[C@H]2CC[C@@H](C2)Nc2ncc(C(F)(F)F)c(n2)-c2c[nH]c3c(C#N)c(ccc23)C1=O. The highest BCUT2D eigenvalue weighted by Crippen LogP contribution is 2.40. The molecule has 0 radical (unpaired) electrons. The van der Waals surface area contributed by atoms with Crippen molar-refractivity contribution in [2.24, 2.45) is 0 Å². The van der Waals surface area contributed by atoms with Crippen molar-refractivity contribution >= 4 is 22.8 Å². The van der Waals surface area contributed by atoms with Crippen molar-refractivity contribution in [2.45, 2.75) is 50.4 Å². The van der Waals surface area contributed by atoms with E-state index >= 15 is 0 Å². The molecule has 1 amide bonds. The first-order chi connectivity index (χ1) is 17.7. The highest BCUT2D eigenvalue weighted by molar-refractivity contribution is 6.05. The minimum absolute atomic E-state index is 0.0543. The number of nitriles is 1. The van der Waals surface area contributed by atoms with Crippen molar-refractivity contribution in [3.05, 3.63) is 41.2 Å². The molecule has 3 aliphatic rings. The summed E-state index contributed by atoms with van der Waals surface area (Å²) in [6.07, 6.45) is 1.96. The van der Waals surface area contributed by atoms with Crippen LogP contribution >= 0.6 is 0 Å². The lowest BCUT2D eigenvalue weighted by Gasteiger charge is -2.25. The number of nitrogens with one attached hydrogen (secondary N) is 2. The molecular weight excluding hydrogens is 483 g/mol. The molecule has 0 saturated heterocycles. The van der Waals surface area contributed by atoms with E-state index in [9.17, 15) is 23.2 Å². The smallest absolute Gasteiger partial charge is 0.359 e. The van der Waals surface area contributed by atoms with Gasteiger partial charge in [0.1, 0.15) is 11.6 Å². The number of nitrogens with zero attached hydrogens (tertiary/aromatic N) is 5. The Labute approximate surface area is 212 Å². The van der Waals surface area contributed by atoms with Gasteiger partial charge in [-0.25, -0.2) is 9.97 Å². The summed E-state index contributed by atoms with van der Waals surface area (Å²) in [5.74, 6) is -0.165. The van der Waals surface area contributed by atoms with Gasteiger partial charge in [0.15, 0.2) is 0 Å². The van der Waals surface area contributed by atoms with Gasteiger partial charge >= 0.3 is 6.18 Å². The molecule has 2 aromatic heterocycles. The summed E-state index contributed by atoms with van der Waals surface area (Å²) in [7, 11) is 3.78. The second-order valence-electron chi connectivity index (χ2n) is 9.90. The molecule has 1 fully saturated rings. The van der Waals surface area contributed by atoms with Crippen LogP contribution < -0.4 is 5.32 Å². The number of carbonyl (C=O) groups is 1. The number of aromatic nitrogens is 3. The number of fused-ring (bicyclic) bond motifs is 7. The van der Waals surface area contributed by atoms with Gasteiger partial charge in [0.2, 0.25) is 5.95 Å². The predicted octanol–water partition coefficient (Wildman–Crippen LogP) is 4.65. The number of anilines is 1. The van der Waals surface area contributed by atoms with Crippen LogP contribution in [0.2, 0.25) is 0 Å². The maximum absolute atomic E-state index is 14.0. The van der Waals surface area contributed by atoms with Gasteiger partial charge in [0.05, 0.1) is 22.3 Å². The summed E-state index contributed by atoms with van der Waals surface area (Å²) in [6.45, 7) is 1.41. The minimum Gasteiger partial charge on any atom is -0.359 e. The zero-order valence-electron chi connectivity index (χ0n) is 20.7. The van der Waals surface area contributed by atoms with E-state index in [2.05, 4.69) is 38.3 Å². The summed E-state index contributed by atoms with van der Waals surface area (Å²) < 4.78 is 42.0. The normalized spacial score (nSPS) is 21.5. The topological polar surface area (TPSA) is 101 Å². The van der Waals surface area contributed by atoms with Crippen LogP contribution in [0.15, 0.2) is 24.5 Å². The number of rotatable bonds is 0. The van der Waals surface area contributed by atoms with Gasteiger partial charge in [-0.15, -0.1) is 0 Å². The zero-order chi connectivity index (χ0) is 26.3. The van der Waals surface area contributed by atoms with E-state index < -0.39 is 11.7 Å². The molecule has 1 saturated carbocycles. The van der Waals surface area contributed by atoms with E-state index in [0.717, 1.165) is 44.8 Å². The van der Waals surface area contributed by atoms with Gasteiger partial charge in [-0.2, -0.15) is 18.4 Å². The van der Waals surface area contributed by atoms with Crippen LogP contribution in [0.3, 0.4) is 0 Å². The molecule has 0 unspecified atom stereocenters. The molecule has 8 nitrogen and oxygen atoms in total. The molecule has 11 heteroatoms. The number of hydrogen-bond donors (Lipinski definition) is 2. The maximum Gasteiger partial charge on any atom is 0.419 e. The van der Waals surface area contributed by atoms with Crippen LogP contribution in [0.25, 0.3) is 22.2 Å². The Hall–Kier alpha value is -3.65. The highest BCUT2D eigenvalue weighted by atomic mass is 19.4. The molecule has 1 aliphatic carbocycles. The van der Waals surface area contributed by atoms with E-state index in [1.807, 2.05) is 0 Å². The summed E-state index contributed by atoms with van der Waals surface area (Å²) in [4.78, 5) is 28.3. The van der Waals surface area contributed by atoms with Crippen molar-refractivity contribution < 1.29 is 18.0 Å². The Kier molecular flexibility index (Phi) is 6.54. The summed E-state index contributed by atoms with van der Waals surface area (Å²) in [5.41, 5.74) is -0.446. The molecule has 4 heterocycles. The van der Waals surface area contributed by atoms with E-state index in [-0.39, 0.29) is 40.3 Å². The summed E-state index contributed by atoms with van der Waals surface area (Å²) >= 11 is 0. The predicted molar refractivity (Wildman–Crippen MR) is 133 cm³/mol. The van der Waals surface area contributed by atoms with E-state index in [4.69, 9.17) is 0 Å². The van der Waals surface area contributed by atoms with Gasteiger partial charge in [-0.3, -0.25) is 4.79 Å².